The second kappa shape index (κ2) is 4.55. The van der Waals surface area contributed by atoms with Crippen LogP contribution in [-0.2, 0) is 0 Å². The fourth-order valence-electron chi connectivity index (χ4n) is 1.58. The number of allylic oxidation sites excluding steroid dienone is 1. The van der Waals surface area contributed by atoms with Gasteiger partial charge in [0.25, 0.3) is 0 Å². The molecule has 1 nitrogen and oxygen atoms in total. The lowest BCUT2D eigenvalue weighted by Gasteiger charge is -2.02. The number of unbranched alkanes of at least 4 members (excludes halogenated alkanes) is 2. The summed E-state index contributed by atoms with van der Waals surface area (Å²) in [6.45, 7) is 2.20. The second-order valence-corrected chi connectivity index (χ2v) is 3.33. The Morgan fingerprint density at radius 2 is 2.45 bits per heavy atom. The number of rotatable bonds is 3. The van der Waals surface area contributed by atoms with E-state index in [-0.39, 0.29) is 6.10 Å². The second-order valence-electron chi connectivity index (χ2n) is 3.33. The van der Waals surface area contributed by atoms with Crippen molar-refractivity contribution in [3.05, 3.63) is 11.6 Å². The van der Waals surface area contributed by atoms with Crippen LogP contribution in [0.2, 0.25) is 0 Å². The van der Waals surface area contributed by atoms with Gasteiger partial charge in [0.1, 0.15) is 0 Å². The van der Waals surface area contributed by atoms with E-state index in [9.17, 15) is 5.11 Å². The highest BCUT2D eigenvalue weighted by molar-refractivity contribution is 5.11. The molecule has 1 heteroatoms. The molecule has 0 aromatic heterocycles. The molecular weight excluding hydrogens is 136 g/mol. The standard InChI is InChI=1S/C10H18O/c1-2-3-4-6-9-7-5-8-10(9)11/h6,10-11H,2-5,7-8H2,1H3/b9-6+. The number of aliphatic hydroxyl groups excluding tert-OH is 1. The van der Waals surface area contributed by atoms with Gasteiger partial charge in [-0.05, 0) is 31.3 Å². The summed E-state index contributed by atoms with van der Waals surface area (Å²) in [4.78, 5) is 0. The quantitative estimate of drug-likeness (QED) is 0.489. The number of hydrogen-bond acceptors (Lipinski definition) is 1. The molecule has 0 radical (unpaired) electrons. The maximum Gasteiger partial charge on any atom is 0.0750 e. The summed E-state index contributed by atoms with van der Waals surface area (Å²) in [5.41, 5.74) is 1.29. The summed E-state index contributed by atoms with van der Waals surface area (Å²) in [6.07, 6.45) is 9.09. The summed E-state index contributed by atoms with van der Waals surface area (Å²) >= 11 is 0. The maximum absolute atomic E-state index is 9.42. The minimum absolute atomic E-state index is 0.105. The van der Waals surface area contributed by atoms with Gasteiger partial charge in [-0.2, -0.15) is 0 Å². The van der Waals surface area contributed by atoms with E-state index >= 15 is 0 Å². The molecule has 1 atom stereocenters. The Bertz CT molecular complexity index is 138. The molecule has 0 aliphatic heterocycles. The Morgan fingerprint density at radius 1 is 1.64 bits per heavy atom. The van der Waals surface area contributed by atoms with Crippen molar-refractivity contribution in [1.29, 1.82) is 0 Å². The Morgan fingerprint density at radius 3 is 3.00 bits per heavy atom. The molecule has 0 heterocycles. The van der Waals surface area contributed by atoms with E-state index < -0.39 is 0 Å². The Balaban J connectivity index is 2.27. The fraction of sp³-hybridized carbons (Fsp3) is 0.800. The van der Waals surface area contributed by atoms with E-state index in [1.165, 1.54) is 24.8 Å². The zero-order valence-electron chi connectivity index (χ0n) is 7.34. The topological polar surface area (TPSA) is 20.2 Å². The fourth-order valence-corrected chi connectivity index (χ4v) is 1.58. The van der Waals surface area contributed by atoms with E-state index in [1.54, 1.807) is 0 Å². The van der Waals surface area contributed by atoms with Crippen molar-refractivity contribution in [2.75, 3.05) is 0 Å². The van der Waals surface area contributed by atoms with Crippen LogP contribution in [-0.4, -0.2) is 11.2 Å². The first kappa shape index (κ1) is 8.79. The van der Waals surface area contributed by atoms with Gasteiger partial charge in [0.2, 0.25) is 0 Å². The van der Waals surface area contributed by atoms with Crippen LogP contribution < -0.4 is 0 Å². The SMILES string of the molecule is CCCC/C=C1\CCCC1O. The lowest BCUT2D eigenvalue weighted by Crippen LogP contribution is -2.00. The first-order chi connectivity index (χ1) is 5.34. The summed E-state index contributed by atoms with van der Waals surface area (Å²) in [6, 6.07) is 0. The summed E-state index contributed by atoms with van der Waals surface area (Å²) in [7, 11) is 0. The molecule has 1 N–H and O–H groups in total. The first-order valence-corrected chi connectivity index (χ1v) is 4.71. The minimum atomic E-state index is -0.105. The Hall–Kier alpha value is -0.300. The molecule has 0 saturated heterocycles. The van der Waals surface area contributed by atoms with E-state index in [2.05, 4.69) is 13.0 Å². The minimum Gasteiger partial charge on any atom is -0.389 e. The van der Waals surface area contributed by atoms with E-state index in [0.717, 1.165) is 19.3 Å². The molecular formula is C10H18O. The van der Waals surface area contributed by atoms with Gasteiger partial charge in [-0.25, -0.2) is 0 Å². The molecule has 64 valence electrons. The Labute approximate surface area is 69.1 Å². The van der Waals surface area contributed by atoms with Crippen molar-refractivity contribution in [3.63, 3.8) is 0 Å². The van der Waals surface area contributed by atoms with Gasteiger partial charge in [-0.1, -0.05) is 25.8 Å². The zero-order valence-corrected chi connectivity index (χ0v) is 7.34. The predicted molar refractivity (Wildman–Crippen MR) is 47.5 cm³/mol. The van der Waals surface area contributed by atoms with Crippen molar-refractivity contribution in [2.24, 2.45) is 0 Å². The average molecular weight is 154 g/mol. The molecule has 1 aliphatic rings. The highest BCUT2D eigenvalue weighted by Gasteiger charge is 2.16. The highest BCUT2D eigenvalue weighted by Crippen LogP contribution is 2.25. The van der Waals surface area contributed by atoms with Crippen LogP contribution in [0.15, 0.2) is 11.6 Å². The van der Waals surface area contributed by atoms with Gasteiger partial charge in [0, 0.05) is 0 Å². The van der Waals surface area contributed by atoms with Crippen LogP contribution in [0.4, 0.5) is 0 Å². The molecule has 0 aromatic rings. The van der Waals surface area contributed by atoms with Crippen LogP contribution in [0.1, 0.15) is 45.4 Å². The molecule has 0 aromatic carbocycles. The normalized spacial score (nSPS) is 28.2. The molecule has 1 saturated carbocycles. The third-order valence-corrected chi connectivity index (χ3v) is 2.34. The van der Waals surface area contributed by atoms with Gasteiger partial charge >= 0.3 is 0 Å². The van der Waals surface area contributed by atoms with E-state index in [1.807, 2.05) is 0 Å². The van der Waals surface area contributed by atoms with Crippen LogP contribution in [0.25, 0.3) is 0 Å². The van der Waals surface area contributed by atoms with Crippen LogP contribution in [0.5, 0.6) is 0 Å². The van der Waals surface area contributed by atoms with Gasteiger partial charge in [-0.15, -0.1) is 0 Å². The monoisotopic (exact) mass is 154 g/mol. The number of hydrogen-bond donors (Lipinski definition) is 1. The average Bonchev–Trinajstić information content (AvgIpc) is 2.37. The van der Waals surface area contributed by atoms with Crippen LogP contribution >= 0.6 is 0 Å². The molecule has 1 fully saturated rings. The molecule has 1 unspecified atom stereocenters. The third kappa shape index (κ3) is 2.66. The largest absolute Gasteiger partial charge is 0.389 e. The van der Waals surface area contributed by atoms with Crippen molar-refractivity contribution in [1.82, 2.24) is 0 Å². The molecule has 1 rings (SSSR count). The van der Waals surface area contributed by atoms with Gasteiger partial charge < -0.3 is 5.11 Å². The van der Waals surface area contributed by atoms with Gasteiger partial charge in [0.15, 0.2) is 0 Å². The molecule has 0 bridgehead atoms. The van der Waals surface area contributed by atoms with E-state index in [4.69, 9.17) is 0 Å². The summed E-state index contributed by atoms with van der Waals surface area (Å²) in [5, 5.41) is 9.42. The smallest absolute Gasteiger partial charge is 0.0750 e. The zero-order chi connectivity index (χ0) is 8.10. The predicted octanol–water partition coefficient (Wildman–Crippen LogP) is 2.65. The summed E-state index contributed by atoms with van der Waals surface area (Å²) in [5.74, 6) is 0. The van der Waals surface area contributed by atoms with Crippen molar-refractivity contribution in [2.45, 2.75) is 51.6 Å². The summed E-state index contributed by atoms with van der Waals surface area (Å²) < 4.78 is 0. The van der Waals surface area contributed by atoms with Crippen LogP contribution in [0.3, 0.4) is 0 Å². The van der Waals surface area contributed by atoms with Crippen molar-refractivity contribution < 1.29 is 5.11 Å². The molecule has 11 heavy (non-hydrogen) atoms. The van der Waals surface area contributed by atoms with Crippen LogP contribution in [0, 0.1) is 0 Å². The van der Waals surface area contributed by atoms with E-state index in [0.29, 0.717) is 0 Å². The maximum atomic E-state index is 9.42. The number of aliphatic hydroxyl groups is 1. The molecule has 1 aliphatic carbocycles. The first-order valence-electron chi connectivity index (χ1n) is 4.71. The highest BCUT2D eigenvalue weighted by atomic mass is 16.3. The van der Waals surface area contributed by atoms with Crippen molar-refractivity contribution in [3.8, 4) is 0 Å². The lowest BCUT2D eigenvalue weighted by atomic mass is 10.1. The lowest BCUT2D eigenvalue weighted by molar-refractivity contribution is 0.217. The van der Waals surface area contributed by atoms with Gasteiger partial charge in [-0.3, -0.25) is 0 Å². The van der Waals surface area contributed by atoms with Crippen molar-refractivity contribution >= 4 is 0 Å². The Kier molecular flexibility index (Phi) is 3.64. The third-order valence-electron chi connectivity index (χ3n) is 2.34. The molecule has 0 amide bonds. The van der Waals surface area contributed by atoms with Gasteiger partial charge in [0.05, 0.1) is 6.10 Å². The molecule has 0 spiro atoms.